The van der Waals surface area contributed by atoms with Crippen molar-refractivity contribution in [3.05, 3.63) is 54.2 Å². The van der Waals surface area contributed by atoms with Crippen molar-refractivity contribution in [2.75, 3.05) is 17.4 Å². The van der Waals surface area contributed by atoms with E-state index in [9.17, 15) is 4.39 Å². The van der Waals surface area contributed by atoms with Crippen LogP contribution < -0.4 is 16.2 Å². The van der Waals surface area contributed by atoms with Crippen LogP contribution in [0.2, 0.25) is 0 Å². The molecule has 0 aliphatic heterocycles. The van der Waals surface area contributed by atoms with Gasteiger partial charge in [0.1, 0.15) is 5.82 Å². The van der Waals surface area contributed by atoms with Crippen molar-refractivity contribution in [2.24, 2.45) is 5.84 Å². The smallest absolute Gasteiger partial charge is 0.180 e. The van der Waals surface area contributed by atoms with Crippen LogP contribution in [0.4, 0.5) is 16.0 Å². The molecular formula is C14H15FN6. The van der Waals surface area contributed by atoms with Crippen LogP contribution in [0, 0.1) is 5.82 Å². The van der Waals surface area contributed by atoms with Crippen molar-refractivity contribution in [1.82, 2.24) is 14.4 Å². The Labute approximate surface area is 121 Å². The van der Waals surface area contributed by atoms with Crippen LogP contribution in [0.1, 0.15) is 5.56 Å². The minimum atomic E-state index is -0.246. The highest BCUT2D eigenvalue weighted by Gasteiger charge is 2.12. The Balaban J connectivity index is 1.94. The first-order chi connectivity index (χ1) is 10.2. The summed E-state index contributed by atoms with van der Waals surface area (Å²) in [5.74, 6) is 6.43. The third-order valence-electron chi connectivity index (χ3n) is 3.20. The first kappa shape index (κ1) is 13.3. The van der Waals surface area contributed by atoms with Gasteiger partial charge in [-0.3, -0.25) is 0 Å². The van der Waals surface area contributed by atoms with Gasteiger partial charge in [-0.15, -0.1) is 0 Å². The molecule has 0 fully saturated rings. The first-order valence-electron chi connectivity index (χ1n) is 6.43. The van der Waals surface area contributed by atoms with Crippen LogP contribution in [0.3, 0.4) is 0 Å². The number of nitrogens with one attached hydrogen (secondary N) is 1. The van der Waals surface area contributed by atoms with Crippen LogP contribution in [-0.4, -0.2) is 21.4 Å². The largest absolute Gasteiger partial charge is 0.352 e. The molecule has 3 aromatic rings. The molecule has 21 heavy (non-hydrogen) atoms. The first-order valence-corrected chi connectivity index (χ1v) is 6.43. The standard InChI is InChI=1S/C14H15FN6/c1-20(8-10-2-4-11(15)5-3-10)14-13-17-6-7-21(13)9-12(18-14)19-16/h2-7,9,19H,8,16H2,1H3. The molecule has 108 valence electrons. The molecule has 2 heterocycles. The highest BCUT2D eigenvalue weighted by Crippen LogP contribution is 2.21. The Kier molecular flexibility index (Phi) is 3.41. The van der Waals surface area contributed by atoms with Gasteiger partial charge in [-0.1, -0.05) is 12.1 Å². The lowest BCUT2D eigenvalue weighted by Crippen LogP contribution is -2.20. The lowest BCUT2D eigenvalue weighted by atomic mass is 10.2. The van der Waals surface area contributed by atoms with Crippen molar-refractivity contribution in [1.29, 1.82) is 0 Å². The number of imidazole rings is 1. The van der Waals surface area contributed by atoms with Crippen LogP contribution in [-0.2, 0) is 6.54 Å². The van der Waals surface area contributed by atoms with Crippen LogP contribution in [0.25, 0.3) is 5.65 Å². The van der Waals surface area contributed by atoms with Crippen LogP contribution in [0.15, 0.2) is 42.9 Å². The minimum absolute atomic E-state index is 0.246. The van der Waals surface area contributed by atoms with Gasteiger partial charge in [0, 0.05) is 26.0 Å². The number of hydrazine groups is 1. The molecule has 0 bridgehead atoms. The summed E-state index contributed by atoms with van der Waals surface area (Å²) in [5.41, 5.74) is 4.26. The lowest BCUT2D eigenvalue weighted by Gasteiger charge is -2.19. The summed E-state index contributed by atoms with van der Waals surface area (Å²) < 4.78 is 14.8. The van der Waals surface area contributed by atoms with E-state index in [0.29, 0.717) is 18.2 Å². The number of hydrogen-bond acceptors (Lipinski definition) is 5. The van der Waals surface area contributed by atoms with Crippen LogP contribution >= 0.6 is 0 Å². The number of halogens is 1. The predicted octanol–water partition coefficient (Wildman–Crippen LogP) is 1.79. The minimum Gasteiger partial charge on any atom is -0.352 e. The van der Waals surface area contributed by atoms with E-state index in [4.69, 9.17) is 5.84 Å². The molecule has 0 saturated carbocycles. The fourth-order valence-corrected chi connectivity index (χ4v) is 2.18. The molecule has 0 spiro atoms. The zero-order valence-corrected chi connectivity index (χ0v) is 11.5. The van der Waals surface area contributed by atoms with Gasteiger partial charge in [0.25, 0.3) is 0 Å². The molecule has 0 aliphatic carbocycles. The zero-order chi connectivity index (χ0) is 14.8. The predicted molar refractivity (Wildman–Crippen MR) is 79.3 cm³/mol. The van der Waals surface area contributed by atoms with Crippen molar-refractivity contribution in [3.63, 3.8) is 0 Å². The molecule has 0 radical (unpaired) electrons. The summed E-state index contributed by atoms with van der Waals surface area (Å²) in [6.45, 7) is 0.587. The number of aromatic nitrogens is 3. The molecule has 0 aliphatic rings. The maximum atomic E-state index is 13.0. The van der Waals surface area contributed by atoms with Gasteiger partial charge in [-0.2, -0.15) is 0 Å². The summed E-state index contributed by atoms with van der Waals surface area (Å²) in [6, 6.07) is 6.39. The zero-order valence-electron chi connectivity index (χ0n) is 11.5. The molecule has 7 heteroatoms. The monoisotopic (exact) mass is 286 g/mol. The molecule has 0 amide bonds. The normalized spacial score (nSPS) is 10.8. The Morgan fingerprint density at radius 3 is 2.81 bits per heavy atom. The highest BCUT2D eigenvalue weighted by atomic mass is 19.1. The summed E-state index contributed by atoms with van der Waals surface area (Å²) >= 11 is 0. The maximum absolute atomic E-state index is 13.0. The van der Waals surface area contributed by atoms with Gasteiger partial charge in [0.05, 0.1) is 6.20 Å². The second-order valence-electron chi connectivity index (χ2n) is 4.73. The molecular weight excluding hydrogens is 271 g/mol. The van der Waals surface area contributed by atoms with Gasteiger partial charge in [-0.25, -0.2) is 20.2 Å². The number of nitrogen functional groups attached to an aromatic ring is 1. The molecule has 0 saturated heterocycles. The van der Waals surface area contributed by atoms with Gasteiger partial charge in [0.2, 0.25) is 0 Å². The Hall–Kier alpha value is -2.67. The number of nitrogens with zero attached hydrogens (tertiary/aromatic N) is 4. The number of fused-ring (bicyclic) bond motifs is 1. The maximum Gasteiger partial charge on any atom is 0.180 e. The summed E-state index contributed by atoms with van der Waals surface area (Å²) in [6.07, 6.45) is 5.29. The van der Waals surface area contributed by atoms with Crippen molar-refractivity contribution in [2.45, 2.75) is 6.54 Å². The average Bonchev–Trinajstić information content (AvgIpc) is 2.96. The number of rotatable bonds is 4. The molecule has 3 N–H and O–H groups in total. The Morgan fingerprint density at radius 1 is 1.33 bits per heavy atom. The van der Waals surface area contributed by atoms with E-state index in [1.165, 1.54) is 12.1 Å². The van der Waals surface area contributed by atoms with E-state index in [2.05, 4.69) is 15.4 Å². The van der Waals surface area contributed by atoms with E-state index < -0.39 is 0 Å². The second kappa shape index (κ2) is 5.37. The number of nitrogens with two attached hydrogens (primary N) is 1. The van der Waals surface area contributed by atoms with E-state index in [0.717, 1.165) is 11.2 Å². The van der Waals surface area contributed by atoms with Gasteiger partial charge in [0.15, 0.2) is 17.3 Å². The van der Waals surface area contributed by atoms with E-state index >= 15 is 0 Å². The molecule has 6 nitrogen and oxygen atoms in total. The highest BCUT2D eigenvalue weighted by molar-refractivity contribution is 5.66. The van der Waals surface area contributed by atoms with Crippen molar-refractivity contribution in [3.8, 4) is 0 Å². The Morgan fingerprint density at radius 2 is 2.10 bits per heavy atom. The molecule has 0 unspecified atom stereocenters. The molecule has 2 aromatic heterocycles. The number of hydrogen-bond donors (Lipinski definition) is 2. The number of anilines is 2. The van der Waals surface area contributed by atoms with Crippen molar-refractivity contribution >= 4 is 17.3 Å². The topological polar surface area (TPSA) is 71.5 Å². The fourth-order valence-electron chi connectivity index (χ4n) is 2.18. The van der Waals surface area contributed by atoms with Gasteiger partial charge >= 0.3 is 0 Å². The summed E-state index contributed by atoms with van der Waals surface area (Å²) in [7, 11) is 1.90. The van der Waals surface area contributed by atoms with E-state index in [-0.39, 0.29) is 5.82 Å². The SMILES string of the molecule is CN(Cc1ccc(F)cc1)c1nc(NN)cn2ccnc12. The molecule has 0 atom stereocenters. The third-order valence-corrected chi connectivity index (χ3v) is 3.20. The second-order valence-corrected chi connectivity index (χ2v) is 4.73. The summed E-state index contributed by atoms with van der Waals surface area (Å²) in [4.78, 5) is 10.7. The lowest BCUT2D eigenvalue weighted by molar-refractivity contribution is 0.627. The van der Waals surface area contributed by atoms with Gasteiger partial charge in [-0.05, 0) is 17.7 Å². The number of benzene rings is 1. The van der Waals surface area contributed by atoms with E-state index in [1.807, 2.05) is 22.5 Å². The molecule has 1 aromatic carbocycles. The summed E-state index contributed by atoms with van der Waals surface area (Å²) in [5, 5.41) is 0. The van der Waals surface area contributed by atoms with Crippen LogP contribution in [0.5, 0.6) is 0 Å². The quantitative estimate of drug-likeness (QED) is 0.565. The Bertz CT molecular complexity index is 752. The third kappa shape index (κ3) is 2.63. The molecule has 3 rings (SSSR count). The van der Waals surface area contributed by atoms with Gasteiger partial charge < -0.3 is 14.7 Å². The van der Waals surface area contributed by atoms with E-state index in [1.54, 1.807) is 24.5 Å². The van der Waals surface area contributed by atoms with Crippen molar-refractivity contribution < 1.29 is 4.39 Å². The fraction of sp³-hybridized carbons (Fsp3) is 0.143. The average molecular weight is 286 g/mol.